The zero-order valence-electron chi connectivity index (χ0n) is 11.2. The predicted molar refractivity (Wildman–Crippen MR) is 53.9 cm³/mol. The summed E-state index contributed by atoms with van der Waals surface area (Å²) in [7, 11) is 0. The van der Waals surface area contributed by atoms with Gasteiger partial charge in [-0.3, -0.25) is 0 Å². The normalized spacial score (nSPS) is 27.5. The fraction of sp³-hybridized carbons (Fsp3) is 0.727. The van der Waals surface area contributed by atoms with Crippen molar-refractivity contribution in [3.05, 3.63) is 11.7 Å². The van der Waals surface area contributed by atoms with E-state index in [-0.39, 0.29) is 0 Å². The van der Waals surface area contributed by atoms with Crippen molar-refractivity contribution in [2.75, 3.05) is 0 Å². The van der Waals surface area contributed by atoms with Gasteiger partial charge in [0.2, 0.25) is 5.57 Å². The number of esters is 1. The van der Waals surface area contributed by atoms with Crippen LogP contribution >= 0.6 is 0 Å². The smallest absolute Gasteiger partial charge is 0.394 e. The van der Waals surface area contributed by atoms with Crippen LogP contribution in [0.4, 0.5) is 48.3 Å². The third-order valence-electron chi connectivity index (χ3n) is 3.26. The molecule has 0 amide bonds. The third kappa shape index (κ3) is 3.29. The maximum atomic E-state index is 14.0. The van der Waals surface area contributed by atoms with Crippen molar-refractivity contribution in [1.29, 1.82) is 0 Å². The number of rotatable bonds is 3. The quantitative estimate of drug-likeness (QED) is 0.403. The van der Waals surface area contributed by atoms with E-state index in [1.165, 1.54) is 0 Å². The molecule has 2 unspecified atom stereocenters. The van der Waals surface area contributed by atoms with E-state index in [0.717, 1.165) is 0 Å². The molecule has 0 aliphatic heterocycles. The van der Waals surface area contributed by atoms with Crippen molar-refractivity contribution in [3.63, 3.8) is 0 Å². The van der Waals surface area contributed by atoms with Crippen LogP contribution in [0.25, 0.3) is 0 Å². The van der Waals surface area contributed by atoms with Gasteiger partial charge in [0.1, 0.15) is 0 Å². The van der Waals surface area contributed by atoms with Crippen molar-refractivity contribution in [3.8, 4) is 0 Å². The molecule has 13 heteroatoms. The summed E-state index contributed by atoms with van der Waals surface area (Å²) in [6.45, 7) is 0. The van der Waals surface area contributed by atoms with E-state index >= 15 is 0 Å². The van der Waals surface area contributed by atoms with Gasteiger partial charge in [0, 0.05) is 0 Å². The van der Waals surface area contributed by atoms with Crippen molar-refractivity contribution < 1.29 is 57.8 Å². The standard InChI is InChI=1S/C11H7F11O2/c12-4-2-1-3-8(15,9(4,16)17)11(21,22)24-7(23)5(6(13)14)10(18,19)20/h4H,1-3H2. The first-order chi connectivity index (χ1) is 10.6. The summed E-state index contributed by atoms with van der Waals surface area (Å²) < 4.78 is 144. The highest BCUT2D eigenvalue weighted by atomic mass is 19.4. The molecule has 1 fully saturated rings. The van der Waals surface area contributed by atoms with Crippen LogP contribution in [0.5, 0.6) is 0 Å². The van der Waals surface area contributed by atoms with Gasteiger partial charge in [-0.1, -0.05) is 0 Å². The molecule has 24 heavy (non-hydrogen) atoms. The molecule has 0 aromatic rings. The lowest BCUT2D eigenvalue weighted by Gasteiger charge is -2.42. The Labute approximate surface area is 126 Å². The van der Waals surface area contributed by atoms with Gasteiger partial charge < -0.3 is 4.74 Å². The number of carbonyl (C=O) groups excluding carboxylic acids is 1. The SMILES string of the molecule is O=C(OC(F)(F)C1(F)CCCC(F)C1(F)F)C(=C(F)F)C(F)(F)F. The van der Waals surface area contributed by atoms with Crippen LogP contribution < -0.4 is 0 Å². The summed E-state index contributed by atoms with van der Waals surface area (Å²) in [6.07, 6.45) is -23.1. The summed E-state index contributed by atoms with van der Waals surface area (Å²) in [5, 5.41) is 0. The monoisotopic (exact) mass is 380 g/mol. The van der Waals surface area contributed by atoms with Gasteiger partial charge in [-0.2, -0.15) is 39.5 Å². The Hall–Kier alpha value is -1.56. The van der Waals surface area contributed by atoms with E-state index in [1.807, 2.05) is 0 Å². The summed E-state index contributed by atoms with van der Waals surface area (Å²) >= 11 is 0. The van der Waals surface area contributed by atoms with E-state index in [0.29, 0.717) is 0 Å². The molecule has 0 bridgehead atoms. The molecule has 0 N–H and O–H groups in total. The molecular formula is C11H7F11O2. The van der Waals surface area contributed by atoms with E-state index in [1.54, 1.807) is 0 Å². The summed E-state index contributed by atoms with van der Waals surface area (Å²) in [6, 6.07) is 0. The highest BCUT2D eigenvalue weighted by Gasteiger charge is 2.76. The Morgan fingerprint density at radius 2 is 1.54 bits per heavy atom. The van der Waals surface area contributed by atoms with Crippen molar-refractivity contribution >= 4 is 5.97 Å². The maximum Gasteiger partial charge on any atom is 0.441 e. The molecule has 1 saturated carbocycles. The van der Waals surface area contributed by atoms with Crippen LogP contribution in [0, 0.1) is 0 Å². The summed E-state index contributed by atoms with van der Waals surface area (Å²) in [4.78, 5) is 10.9. The Bertz CT molecular complexity index is 535. The lowest BCUT2D eigenvalue weighted by molar-refractivity contribution is -0.359. The second-order valence-electron chi connectivity index (χ2n) is 4.82. The van der Waals surface area contributed by atoms with Gasteiger partial charge in [0.25, 0.3) is 11.7 Å². The van der Waals surface area contributed by atoms with Crippen LogP contribution in [-0.4, -0.2) is 36.0 Å². The van der Waals surface area contributed by atoms with Gasteiger partial charge in [-0.25, -0.2) is 13.6 Å². The second kappa shape index (κ2) is 6.06. The first-order valence-electron chi connectivity index (χ1n) is 6.02. The fourth-order valence-corrected chi connectivity index (χ4v) is 2.01. The highest BCUT2D eigenvalue weighted by molar-refractivity contribution is 5.90. The van der Waals surface area contributed by atoms with Crippen LogP contribution in [0.2, 0.25) is 0 Å². The Morgan fingerprint density at radius 3 is 1.96 bits per heavy atom. The topological polar surface area (TPSA) is 26.3 Å². The number of halogens is 11. The van der Waals surface area contributed by atoms with Crippen LogP contribution in [0.3, 0.4) is 0 Å². The number of alkyl halides is 9. The van der Waals surface area contributed by atoms with E-state index in [9.17, 15) is 53.1 Å². The minimum absolute atomic E-state index is 0.875. The lowest BCUT2D eigenvalue weighted by Crippen LogP contribution is -2.64. The molecule has 0 heterocycles. The molecule has 0 radical (unpaired) electrons. The number of ether oxygens (including phenoxy) is 1. The van der Waals surface area contributed by atoms with Crippen LogP contribution in [-0.2, 0) is 9.53 Å². The molecule has 2 atom stereocenters. The largest absolute Gasteiger partial charge is 0.441 e. The molecule has 0 spiro atoms. The van der Waals surface area contributed by atoms with Gasteiger partial charge in [-0.15, -0.1) is 0 Å². The molecule has 2 nitrogen and oxygen atoms in total. The molecule has 0 aromatic carbocycles. The number of hydrogen-bond donors (Lipinski definition) is 0. The van der Waals surface area contributed by atoms with Gasteiger partial charge >= 0.3 is 24.2 Å². The molecular weight excluding hydrogens is 373 g/mol. The number of carbonyl (C=O) groups is 1. The highest BCUT2D eigenvalue weighted by Crippen LogP contribution is 2.54. The van der Waals surface area contributed by atoms with Crippen molar-refractivity contribution in [2.24, 2.45) is 0 Å². The zero-order valence-corrected chi connectivity index (χ0v) is 11.2. The minimum atomic E-state index is -6.17. The Kier molecular flexibility index (Phi) is 5.17. The van der Waals surface area contributed by atoms with E-state index in [4.69, 9.17) is 0 Å². The molecule has 0 saturated heterocycles. The van der Waals surface area contributed by atoms with Crippen molar-refractivity contribution in [1.82, 2.24) is 0 Å². The van der Waals surface area contributed by atoms with E-state index in [2.05, 4.69) is 4.74 Å². The first kappa shape index (κ1) is 20.5. The Balaban J connectivity index is 3.21. The first-order valence-corrected chi connectivity index (χ1v) is 6.02. The molecule has 1 aliphatic rings. The predicted octanol–water partition coefficient (Wildman–Crippen LogP) is 4.70. The summed E-state index contributed by atoms with van der Waals surface area (Å²) in [5.74, 6) is -8.90. The van der Waals surface area contributed by atoms with E-state index < -0.39 is 66.9 Å². The van der Waals surface area contributed by atoms with Crippen molar-refractivity contribution in [2.45, 2.75) is 49.3 Å². The lowest BCUT2D eigenvalue weighted by atomic mass is 9.80. The van der Waals surface area contributed by atoms with Gasteiger partial charge in [0.05, 0.1) is 0 Å². The average Bonchev–Trinajstić information content (AvgIpc) is 2.32. The molecule has 1 rings (SSSR count). The van der Waals surface area contributed by atoms with Gasteiger partial charge in [-0.05, 0) is 19.3 Å². The zero-order chi connectivity index (χ0) is 19.1. The molecule has 1 aliphatic carbocycles. The third-order valence-corrected chi connectivity index (χ3v) is 3.26. The number of hydrogen-bond acceptors (Lipinski definition) is 2. The second-order valence-corrected chi connectivity index (χ2v) is 4.82. The Morgan fingerprint density at radius 1 is 1.04 bits per heavy atom. The molecule has 140 valence electrons. The molecule has 0 aromatic heterocycles. The van der Waals surface area contributed by atoms with Gasteiger partial charge in [0.15, 0.2) is 6.17 Å². The van der Waals surface area contributed by atoms with Crippen LogP contribution in [0.1, 0.15) is 19.3 Å². The average molecular weight is 380 g/mol. The maximum absolute atomic E-state index is 14.0. The summed E-state index contributed by atoms with van der Waals surface area (Å²) in [5.41, 5.74) is -8.71. The minimum Gasteiger partial charge on any atom is -0.394 e. The van der Waals surface area contributed by atoms with Crippen LogP contribution in [0.15, 0.2) is 11.7 Å². The fourth-order valence-electron chi connectivity index (χ4n) is 2.01.